The highest BCUT2D eigenvalue weighted by molar-refractivity contribution is 6.61. The maximum Gasteiger partial charge on any atom is 0.491 e. The normalized spacial score (nSPS) is 13.7. The Morgan fingerprint density at radius 2 is 1.93 bits per heavy atom. The summed E-state index contributed by atoms with van der Waals surface area (Å²) in [4.78, 5) is 22.6. The molecule has 0 bridgehead atoms. The number of nitrogens with one attached hydrogen (secondary N) is 1. The van der Waals surface area contributed by atoms with Gasteiger partial charge in [-0.25, -0.2) is 0 Å². The van der Waals surface area contributed by atoms with E-state index in [9.17, 15) is 14.6 Å². The number of carboxylic acid groups (broad SMARTS) is 1. The first-order chi connectivity index (χ1) is 13.4. The van der Waals surface area contributed by atoms with Crippen LogP contribution in [0.25, 0.3) is 0 Å². The van der Waals surface area contributed by atoms with E-state index in [0.717, 1.165) is 16.6 Å². The predicted molar refractivity (Wildman–Crippen MR) is 103 cm³/mol. The Kier molecular flexibility index (Phi) is 6.33. The molecule has 2 aromatic carbocycles. The molecule has 1 amide bonds. The standard InChI is InChI=1S/C20H22BNO6/c1-13(2-9-19(23)24)20(25)22-11-14-3-5-16(6-4-14)28-17-7-8-18-15(10-17)12-27-21(18)26/h3-8,10,13,26H,2,9,11-12H2,1H3,(H,22,25)(H,23,24). The molecule has 2 aromatic rings. The van der Waals surface area contributed by atoms with Gasteiger partial charge >= 0.3 is 13.1 Å². The lowest BCUT2D eigenvalue weighted by Crippen LogP contribution is -2.29. The van der Waals surface area contributed by atoms with Crippen LogP contribution in [0.1, 0.15) is 30.9 Å². The van der Waals surface area contributed by atoms with Gasteiger partial charge in [0, 0.05) is 18.9 Å². The molecule has 0 radical (unpaired) electrons. The molecule has 1 aliphatic heterocycles. The van der Waals surface area contributed by atoms with Crippen LogP contribution in [0, 0.1) is 5.92 Å². The number of ether oxygens (including phenoxy) is 1. The maximum absolute atomic E-state index is 12.0. The van der Waals surface area contributed by atoms with Gasteiger partial charge in [-0.2, -0.15) is 0 Å². The van der Waals surface area contributed by atoms with Gasteiger partial charge in [0.25, 0.3) is 0 Å². The number of benzene rings is 2. The minimum Gasteiger partial charge on any atom is -0.481 e. The molecule has 0 spiro atoms. The highest BCUT2D eigenvalue weighted by atomic mass is 16.5. The van der Waals surface area contributed by atoms with Gasteiger partial charge in [-0.3, -0.25) is 9.59 Å². The van der Waals surface area contributed by atoms with Gasteiger partial charge in [0.1, 0.15) is 11.5 Å². The van der Waals surface area contributed by atoms with E-state index in [1.807, 2.05) is 30.3 Å². The van der Waals surface area contributed by atoms with Crippen molar-refractivity contribution in [2.75, 3.05) is 0 Å². The largest absolute Gasteiger partial charge is 0.491 e. The number of hydrogen-bond donors (Lipinski definition) is 3. The Bertz CT molecular complexity index is 854. The summed E-state index contributed by atoms with van der Waals surface area (Å²) in [6, 6.07) is 12.8. The predicted octanol–water partition coefficient (Wildman–Crippen LogP) is 1.81. The second kappa shape index (κ2) is 8.90. The van der Waals surface area contributed by atoms with Gasteiger partial charge in [-0.05, 0) is 47.3 Å². The summed E-state index contributed by atoms with van der Waals surface area (Å²) in [6.45, 7) is 2.44. The number of amides is 1. The zero-order chi connectivity index (χ0) is 20.1. The Labute approximate surface area is 163 Å². The SMILES string of the molecule is CC(CCC(=O)O)C(=O)NCc1ccc(Oc2ccc3c(c2)COB3O)cc1. The minimum atomic E-state index is -0.901. The van der Waals surface area contributed by atoms with Crippen molar-refractivity contribution in [3.05, 3.63) is 53.6 Å². The van der Waals surface area contributed by atoms with E-state index in [4.69, 9.17) is 14.5 Å². The summed E-state index contributed by atoms with van der Waals surface area (Å²) in [5, 5.41) is 21.1. The van der Waals surface area contributed by atoms with Crippen LogP contribution in [0.3, 0.4) is 0 Å². The van der Waals surface area contributed by atoms with Gasteiger partial charge in [0.15, 0.2) is 0 Å². The van der Waals surface area contributed by atoms with Crippen molar-refractivity contribution in [1.82, 2.24) is 5.32 Å². The zero-order valence-electron chi connectivity index (χ0n) is 15.6. The third kappa shape index (κ3) is 5.12. The number of rotatable bonds is 8. The van der Waals surface area contributed by atoms with Gasteiger partial charge in [-0.15, -0.1) is 0 Å². The number of carbonyl (C=O) groups excluding carboxylic acids is 1. The molecule has 0 saturated heterocycles. The molecular formula is C20H22BNO6. The van der Waals surface area contributed by atoms with E-state index in [1.165, 1.54) is 0 Å². The third-order valence-electron chi connectivity index (χ3n) is 4.64. The highest BCUT2D eigenvalue weighted by Crippen LogP contribution is 2.24. The van der Waals surface area contributed by atoms with E-state index < -0.39 is 13.1 Å². The fourth-order valence-electron chi connectivity index (χ4n) is 2.92. The van der Waals surface area contributed by atoms with Crippen molar-refractivity contribution in [2.24, 2.45) is 5.92 Å². The summed E-state index contributed by atoms with van der Waals surface area (Å²) in [7, 11) is -0.870. The Morgan fingerprint density at radius 1 is 1.21 bits per heavy atom. The fraction of sp³-hybridized carbons (Fsp3) is 0.300. The van der Waals surface area contributed by atoms with Crippen LogP contribution in [0.2, 0.25) is 0 Å². The van der Waals surface area contributed by atoms with E-state index in [0.29, 0.717) is 31.1 Å². The van der Waals surface area contributed by atoms with Gasteiger partial charge in [0.2, 0.25) is 5.91 Å². The lowest BCUT2D eigenvalue weighted by atomic mass is 9.80. The van der Waals surface area contributed by atoms with Crippen LogP contribution in [0.4, 0.5) is 0 Å². The molecule has 1 aliphatic rings. The monoisotopic (exact) mass is 383 g/mol. The maximum atomic E-state index is 12.0. The Balaban J connectivity index is 1.51. The van der Waals surface area contributed by atoms with Crippen molar-refractivity contribution >= 4 is 24.5 Å². The summed E-state index contributed by atoms with van der Waals surface area (Å²) in [5.41, 5.74) is 2.58. The van der Waals surface area contributed by atoms with E-state index in [1.54, 1.807) is 19.1 Å². The number of hydrogen-bond acceptors (Lipinski definition) is 5. The molecule has 1 atom stereocenters. The van der Waals surface area contributed by atoms with Crippen molar-refractivity contribution in [2.45, 2.75) is 32.9 Å². The van der Waals surface area contributed by atoms with Gasteiger partial charge in [0.05, 0.1) is 6.61 Å². The van der Waals surface area contributed by atoms with Crippen molar-refractivity contribution in [3.63, 3.8) is 0 Å². The quantitative estimate of drug-likeness (QED) is 0.601. The molecule has 0 fully saturated rings. The molecule has 3 rings (SSSR count). The van der Waals surface area contributed by atoms with Crippen LogP contribution < -0.4 is 15.5 Å². The molecule has 1 unspecified atom stereocenters. The summed E-state index contributed by atoms with van der Waals surface area (Å²) >= 11 is 0. The molecule has 1 heterocycles. The number of aliphatic carboxylic acids is 1. The van der Waals surface area contributed by atoms with Gasteiger partial charge < -0.3 is 24.8 Å². The number of fused-ring (bicyclic) bond motifs is 1. The molecule has 7 nitrogen and oxygen atoms in total. The summed E-state index contributed by atoms with van der Waals surface area (Å²) in [5.74, 6) is -0.0958. The smallest absolute Gasteiger partial charge is 0.481 e. The van der Waals surface area contributed by atoms with Crippen LogP contribution in [-0.2, 0) is 27.4 Å². The summed E-state index contributed by atoms with van der Waals surface area (Å²) in [6.07, 6.45) is 0.297. The van der Waals surface area contributed by atoms with Crippen LogP contribution >= 0.6 is 0 Å². The first-order valence-electron chi connectivity index (χ1n) is 9.11. The van der Waals surface area contributed by atoms with Crippen LogP contribution in [0.15, 0.2) is 42.5 Å². The zero-order valence-corrected chi connectivity index (χ0v) is 15.6. The third-order valence-corrected chi connectivity index (χ3v) is 4.64. The molecule has 3 N–H and O–H groups in total. The van der Waals surface area contributed by atoms with Crippen LogP contribution in [0.5, 0.6) is 11.5 Å². The van der Waals surface area contributed by atoms with Crippen LogP contribution in [-0.4, -0.2) is 29.1 Å². The number of carbonyl (C=O) groups is 2. The van der Waals surface area contributed by atoms with E-state index in [-0.39, 0.29) is 18.2 Å². The second-order valence-corrected chi connectivity index (χ2v) is 6.82. The van der Waals surface area contributed by atoms with Gasteiger partial charge in [-0.1, -0.05) is 25.1 Å². The second-order valence-electron chi connectivity index (χ2n) is 6.82. The molecule has 0 aliphatic carbocycles. The van der Waals surface area contributed by atoms with Crippen molar-refractivity contribution < 1.29 is 29.1 Å². The minimum absolute atomic E-state index is 0.0194. The lowest BCUT2D eigenvalue weighted by molar-refractivity contribution is -0.137. The molecule has 8 heteroatoms. The molecule has 146 valence electrons. The first-order valence-corrected chi connectivity index (χ1v) is 9.11. The Morgan fingerprint density at radius 3 is 2.64 bits per heavy atom. The van der Waals surface area contributed by atoms with Crippen molar-refractivity contribution in [1.29, 1.82) is 0 Å². The van der Waals surface area contributed by atoms with E-state index >= 15 is 0 Å². The topological polar surface area (TPSA) is 105 Å². The Hall–Kier alpha value is -2.84. The first kappa shape index (κ1) is 19.9. The van der Waals surface area contributed by atoms with Crippen molar-refractivity contribution in [3.8, 4) is 11.5 Å². The molecule has 28 heavy (non-hydrogen) atoms. The average molecular weight is 383 g/mol. The molecular weight excluding hydrogens is 361 g/mol. The highest BCUT2D eigenvalue weighted by Gasteiger charge is 2.27. The average Bonchev–Trinajstić information content (AvgIpc) is 3.05. The lowest BCUT2D eigenvalue weighted by Gasteiger charge is -2.12. The van der Waals surface area contributed by atoms with E-state index in [2.05, 4.69) is 5.32 Å². The fourth-order valence-corrected chi connectivity index (χ4v) is 2.92. The summed E-state index contributed by atoms with van der Waals surface area (Å²) < 4.78 is 11.0. The molecule has 0 saturated carbocycles. The molecule has 0 aromatic heterocycles. The number of carboxylic acids is 1.